The molecule has 0 saturated heterocycles. The van der Waals surface area contributed by atoms with E-state index < -0.39 is 0 Å². The van der Waals surface area contributed by atoms with Crippen molar-refractivity contribution in [2.45, 2.75) is 26.8 Å². The maximum atomic E-state index is 11.6. The normalized spacial score (nSPS) is 10.7. The molecule has 0 unspecified atom stereocenters. The predicted octanol–water partition coefficient (Wildman–Crippen LogP) is 0.495. The molecule has 0 fully saturated rings. The zero-order valence-electron chi connectivity index (χ0n) is 9.32. The van der Waals surface area contributed by atoms with Gasteiger partial charge in [-0.1, -0.05) is 0 Å². The Morgan fingerprint density at radius 3 is 2.80 bits per heavy atom. The van der Waals surface area contributed by atoms with Crippen molar-refractivity contribution in [2.24, 2.45) is 0 Å². The highest BCUT2D eigenvalue weighted by atomic mass is 16.3. The third-order valence-electron chi connectivity index (χ3n) is 2.18. The topological polar surface area (TPSA) is 67.2 Å². The summed E-state index contributed by atoms with van der Waals surface area (Å²) < 4.78 is 1.80. The lowest BCUT2D eigenvalue weighted by Crippen LogP contribution is -2.26. The smallest absolute Gasteiger partial charge is 0.254 e. The van der Waals surface area contributed by atoms with Crippen LogP contribution in [0.15, 0.2) is 6.20 Å². The van der Waals surface area contributed by atoms with E-state index in [0.29, 0.717) is 5.56 Å². The van der Waals surface area contributed by atoms with Crippen LogP contribution in [-0.2, 0) is 0 Å². The molecule has 0 radical (unpaired) electrons. The number of hydrogen-bond acceptors (Lipinski definition) is 3. The molecule has 0 aliphatic heterocycles. The number of aliphatic hydroxyl groups is 1. The number of carbonyl (C=O) groups is 1. The number of hydrogen-bond donors (Lipinski definition) is 2. The van der Waals surface area contributed by atoms with E-state index in [0.717, 1.165) is 5.69 Å². The number of nitrogens with zero attached hydrogens (tertiary/aromatic N) is 2. The number of nitrogens with one attached hydrogen (secondary N) is 1. The van der Waals surface area contributed by atoms with Crippen LogP contribution in [0.2, 0.25) is 0 Å². The Balaban J connectivity index is 2.82. The van der Waals surface area contributed by atoms with Crippen LogP contribution in [-0.4, -0.2) is 33.9 Å². The first kappa shape index (κ1) is 11.7. The SMILES string of the molecule is Cc1c(C(=O)NCCO)cnn1C(C)C. The van der Waals surface area contributed by atoms with Crippen molar-refractivity contribution in [1.29, 1.82) is 0 Å². The van der Waals surface area contributed by atoms with Gasteiger partial charge in [0.2, 0.25) is 0 Å². The molecule has 1 rings (SSSR count). The van der Waals surface area contributed by atoms with Crippen molar-refractivity contribution < 1.29 is 9.90 Å². The first-order chi connectivity index (χ1) is 7.07. The Kier molecular flexibility index (Phi) is 3.85. The fourth-order valence-corrected chi connectivity index (χ4v) is 1.43. The van der Waals surface area contributed by atoms with Crippen molar-refractivity contribution in [2.75, 3.05) is 13.2 Å². The first-order valence-electron chi connectivity index (χ1n) is 5.01. The highest BCUT2D eigenvalue weighted by molar-refractivity contribution is 5.95. The summed E-state index contributed by atoms with van der Waals surface area (Å²) in [5, 5.41) is 15.3. The molecule has 0 aromatic carbocycles. The van der Waals surface area contributed by atoms with Crippen molar-refractivity contribution in [3.8, 4) is 0 Å². The van der Waals surface area contributed by atoms with Gasteiger partial charge in [0.05, 0.1) is 18.4 Å². The lowest BCUT2D eigenvalue weighted by molar-refractivity contribution is 0.0944. The number of aliphatic hydroxyl groups excluding tert-OH is 1. The van der Waals surface area contributed by atoms with Gasteiger partial charge in [0.25, 0.3) is 5.91 Å². The standard InChI is InChI=1S/C10H17N3O2/c1-7(2)13-8(3)9(6-12-13)10(15)11-4-5-14/h6-7,14H,4-5H2,1-3H3,(H,11,15). The maximum absolute atomic E-state index is 11.6. The summed E-state index contributed by atoms with van der Waals surface area (Å²) in [6.45, 7) is 6.10. The summed E-state index contributed by atoms with van der Waals surface area (Å²) in [7, 11) is 0. The molecule has 1 aromatic heterocycles. The molecular formula is C10H17N3O2. The van der Waals surface area contributed by atoms with Crippen molar-refractivity contribution >= 4 is 5.91 Å². The molecule has 0 atom stereocenters. The third kappa shape index (κ3) is 2.56. The second-order valence-electron chi connectivity index (χ2n) is 3.66. The van der Waals surface area contributed by atoms with Gasteiger partial charge < -0.3 is 10.4 Å². The Hall–Kier alpha value is -1.36. The van der Waals surface area contributed by atoms with Crippen LogP contribution >= 0.6 is 0 Å². The lowest BCUT2D eigenvalue weighted by atomic mass is 10.2. The van der Waals surface area contributed by atoms with Crippen molar-refractivity contribution in [1.82, 2.24) is 15.1 Å². The van der Waals surface area contributed by atoms with Crippen molar-refractivity contribution in [3.63, 3.8) is 0 Å². The molecule has 0 aliphatic carbocycles. The zero-order valence-corrected chi connectivity index (χ0v) is 9.32. The average Bonchev–Trinajstić information content (AvgIpc) is 2.56. The molecule has 0 saturated carbocycles. The van der Waals surface area contributed by atoms with Gasteiger partial charge in [0, 0.05) is 18.3 Å². The zero-order chi connectivity index (χ0) is 11.4. The first-order valence-corrected chi connectivity index (χ1v) is 5.01. The van der Waals surface area contributed by atoms with Gasteiger partial charge in [0.15, 0.2) is 0 Å². The van der Waals surface area contributed by atoms with Crippen molar-refractivity contribution in [3.05, 3.63) is 17.5 Å². The summed E-state index contributed by atoms with van der Waals surface area (Å²) in [5.74, 6) is -0.187. The minimum Gasteiger partial charge on any atom is -0.395 e. The maximum Gasteiger partial charge on any atom is 0.254 e. The van der Waals surface area contributed by atoms with Crippen LogP contribution in [0.3, 0.4) is 0 Å². The van der Waals surface area contributed by atoms with Gasteiger partial charge in [-0.3, -0.25) is 9.48 Å². The molecule has 1 heterocycles. The molecule has 1 aromatic rings. The van der Waals surface area contributed by atoms with E-state index in [1.54, 1.807) is 10.9 Å². The lowest BCUT2D eigenvalue weighted by Gasteiger charge is -2.08. The van der Waals surface area contributed by atoms with Crippen LogP contribution in [0.1, 0.15) is 35.9 Å². The van der Waals surface area contributed by atoms with E-state index in [1.165, 1.54) is 0 Å². The van der Waals surface area contributed by atoms with E-state index in [1.807, 2.05) is 20.8 Å². The minimum atomic E-state index is -0.187. The van der Waals surface area contributed by atoms with E-state index in [-0.39, 0.29) is 25.1 Å². The van der Waals surface area contributed by atoms with E-state index in [9.17, 15) is 4.79 Å². The minimum absolute atomic E-state index is 0.0525. The number of carbonyl (C=O) groups excluding carboxylic acids is 1. The molecule has 0 spiro atoms. The Labute approximate surface area is 89.1 Å². The van der Waals surface area contributed by atoms with E-state index in [2.05, 4.69) is 10.4 Å². The quantitative estimate of drug-likeness (QED) is 0.762. The molecule has 2 N–H and O–H groups in total. The fraction of sp³-hybridized carbons (Fsp3) is 0.600. The highest BCUT2D eigenvalue weighted by Gasteiger charge is 2.14. The average molecular weight is 211 g/mol. The van der Waals surface area contributed by atoms with Gasteiger partial charge >= 0.3 is 0 Å². The van der Waals surface area contributed by atoms with Crippen LogP contribution in [0.4, 0.5) is 0 Å². The van der Waals surface area contributed by atoms with Gasteiger partial charge in [-0.25, -0.2) is 0 Å². The van der Waals surface area contributed by atoms with Crippen LogP contribution < -0.4 is 5.32 Å². The van der Waals surface area contributed by atoms with Crippen LogP contribution in [0.25, 0.3) is 0 Å². The second kappa shape index (κ2) is 4.93. The Morgan fingerprint density at radius 2 is 2.33 bits per heavy atom. The number of rotatable bonds is 4. The van der Waals surface area contributed by atoms with Gasteiger partial charge in [-0.05, 0) is 20.8 Å². The molecular weight excluding hydrogens is 194 g/mol. The summed E-state index contributed by atoms with van der Waals surface area (Å²) in [5.41, 5.74) is 1.41. The molecule has 5 nitrogen and oxygen atoms in total. The fourth-order valence-electron chi connectivity index (χ4n) is 1.43. The molecule has 15 heavy (non-hydrogen) atoms. The Bertz CT molecular complexity index is 344. The molecule has 5 heteroatoms. The number of amides is 1. The highest BCUT2D eigenvalue weighted by Crippen LogP contribution is 2.12. The van der Waals surface area contributed by atoms with Gasteiger partial charge in [0.1, 0.15) is 0 Å². The van der Waals surface area contributed by atoms with E-state index >= 15 is 0 Å². The monoisotopic (exact) mass is 211 g/mol. The molecule has 84 valence electrons. The van der Waals surface area contributed by atoms with Gasteiger partial charge in [-0.15, -0.1) is 0 Å². The van der Waals surface area contributed by atoms with Gasteiger partial charge in [-0.2, -0.15) is 5.10 Å². The summed E-state index contributed by atoms with van der Waals surface area (Å²) in [6.07, 6.45) is 1.56. The summed E-state index contributed by atoms with van der Waals surface area (Å²) in [6, 6.07) is 0.240. The molecule has 0 aliphatic rings. The Morgan fingerprint density at radius 1 is 1.67 bits per heavy atom. The largest absolute Gasteiger partial charge is 0.395 e. The van der Waals surface area contributed by atoms with E-state index in [4.69, 9.17) is 5.11 Å². The second-order valence-corrected chi connectivity index (χ2v) is 3.66. The van der Waals surface area contributed by atoms with Crippen LogP contribution in [0, 0.1) is 6.92 Å². The third-order valence-corrected chi connectivity index (χ3v) is 2.18. The molecule has 1 amide bonds. The van der Waals surface area contributed by atoms with Crippen LogP contribution in [0.5, 0.6) is 0 Å². The summed E-state index contributed by atoms with van der Waals surface area (Å²) in [4.78, 5) is 11.6. The summed E-state index contributed by atoms with van der Waals surface area (Å²) >= 11 is 0. The molecule has 0 bridgehead atoms. The predicted molar refractivity (Wildman–Crippen MR) is 56.8 cm³/mol. The number of aromatic nitrogens is 2.